The smallest absolute Gasteiger partial charge is 0.251 e. The average Bonchev–Trinajstić information content (AvgIpc) is 3.02. The molecule has 2 heterocycles. The first-order valence-corrected chi connectivity index (χ1v) is 10.8. The van der Waals surface area contributed by atoms with Crippen molar-refractivity contribution < 1.29 is 9.59 Å². The molecule has 162 valence electrons. The van der Waals surface area contributed by atoms with Gasteiger partial charge in [0.05, 0.1) is 23.6 Å². The minimum absolute atomic E-state index is 0.0153. The largest absolute Gasteiger partial charge is 0.349 e. The van der Waals surface area contributed by atoms with Gasteiger partial charge in [-0.05, 0) is 45.2 Å². The monoisotopic (exact) mass is 411 g/mol. The van der Waals surface area contributed by atoms with E-state index in [9.17, 15) is 9.59 Å². The fourth-order valence-electron chi connectivity index (χ4n) is 4.26. The van der Waals surface area contributed by atoms with Crippen LogP contribution >= 0.6 is 0 Å². The molecule has 3 rings (SSSR count). The van der Waals surface area contributed by atoms with E-state index >= 15 is 0 Å². The number of nitrogens with zero attached hydrogens (tertiary/aromatic N) is 3. The van der Waals surface area contributed by atoms with Crippen molar-refractivity contribution >= 4 is 17.5 Å². The minimum atomic E-state index is -0.0240. The van der Waals surface area contributed by atoms with E-state index < -0.39 is 0 Å². The molecule has 0 radical (unpaired) electrons. The number of aromatic nitrogens is 2. The van der Waals surface area contributed by atoms with Gasteiger partial charge in [0.2, 0.25) is 5.91 Å². The fourth-order valence-corrected chi connectivity index (χ4v) is 4.26. The molecule has 1 aromatic carbocycles. The SMILES string of the molecule is CC[C@@H]1CN(CC(=O)Nc2c(C)nn(CC)c2C)CC[C@@H]1NC(=O)c1ccccc1. The van der Waals surface area contributed by atoms with E-state index in [0.29, 0.717) is 18.0 Å². The van der Waals surface area contributed by atoms with Crippen molar-refractivity contribution in [3.05, 3.63) is 47.3 Å². The van der Waals surface area contributed by atoms with Crippen molar-refractivity contribution in [1.29, 1.82) is 0 Å². The third-order valence-corrected chi connectivity index (χ3v) is 6.01. The molecule has 2 amide bonds. The molecule has 0 bridgehead atoms. The molecule has 0 spiro atoms. The molecule has 1 aliphatic rings. The molecule has 30 heavy (non-hydrogen) atoms. The van der Waals surface area contributed by atoms with Crippen LogP contribution in [-0.4, -0.2) is 52.2 Å². The summed E-state index contributed by atoms with van der Waals surface area (Å²) in [5, 5.41) is 10.7. The van der Waals surface area contributed by atoms with E-state index in [0.717, 1.165) is 49.6 Å². The van der Waals surface area contributed by atoms with Gasteiger partial charge < -0.3 is 10.6 Å². The Morgan fingerprint density at radius 2 is 1.90 bits per heavy atom. The third kappa shape index (κ3) is 5.08. The van der Waals surface area contributed by atoms with Crippen LogP contribution in [-0.2, 0) is 11.3 Å². The second-order valence-electron chi connectivity index (χ2n) is 8.05. The van der Waals surface area contributed by atoms with E-state index in [1.54, 1.807) is 0 Å². The highest BCUT2D eigenvalue weighted by Gasteiger charge is 2.30. The number of carbonyl (C=O) groups is 2. The standard InChI is InChI=1S/C23H33N5O2/c1-5-18-14-27(13-12-20(18)24-23(30)19-10-8-7-9-11-19)15-21(29)25-22-16(3)26-28(6-2)17(22)4/h7-11,18,20H,5-6,12-15H2,1-4H3,(H,24,30)(H,25,29)/t18-,20+/m1/s1. The minimum Gasteiger partial charge on any atom is -0.349 e. The second-order valence-corrected chi connectivity index (χ2v) is 8.05. The van der Waals surface area contributed by atoms with E-state index in [-0.39, 0.29) is 17.9 Å². The average molecular weight is 412 g/mol. The molecule has 1 aromatic heterocycles. The number of carbonyl (C=O) groups excluding carboxylic acids is 2. The topological polar surface area (TPSA) is 79.3 Å². The van der Waals surface area contributed by atoms with Crippen LogP contribution in [0.4, 0.5) is 5.69 Å². The van der Waals surface area contributed by atoms with Crippen LogP contribution in [0, 0.1) is 19.8 Å². The van der Waals surface area contributed by atoms with Crippen LogP contribution in [0.5, 0.6) is 0 Å². The first kappa shape index (κ1) is 22.0. The molecule has 1 saturated heterocycles. The van der Waals surface area contributed by atoms with Gasteiger partial charge in [-0.2, -0.15) is 5.10 Å². The van der Waals surface area contributed by atoms with Gasteiger partial charge >= 0.3 is 0 Å². The maximum atomic E-state index is 12.7. The van der Waals surface area contributed by atoms with Crippen molar-refractivity contribution in [1.82, 2.24) is 20.0 Å². The first-order chi connectivity index (χ1) is 14.4. The Morgan fingerprint density at radius 1 is 1.17 bits per heavy atom. The van der Waals surface area contributed by atoms with E-state index in [1.807, 2.05) is 55.8 Å². The molecule has 0 unspecified atom stereocenters. The van der Waals surface area contributed by atoms with Crippen molar-refractivity contribution in [3.8, 4) is 0 Å². The van der Waals surface area contributed by atoms with E-state index in [2.05, 4.69) is 27.6 Å². The molecule has 1 fully saturated rings. The molecule has 7 nitrogen and oxygen atoms in total. The second kappa shape index (κ2) is 9.89. The lowest BCUT2D eigenvalue weighted by Gasteiger charge is -2.38. The molecule has 1 aliphatic heterocycles. The molecule has 0 aliphatic carbocycles. The molecule has 0 saturated carbocycles. The summed E-state index contributed by atoms with van der Waals surface area (Å²) in [6.07, 6.45) is 1.80. The molecule has 2 aromatic rings. The predicted molar refractivity (Wildman–Crippen MR) is 119 cm³/mol. The van der Waals surface area contributed by atoms with Crippen LogP contribution in [0.3, 0.4) is 0 Å². The number of hydrogen-bond acceptors (Lipinski definition) is 4. The van der Waals surface area contributed by atoms with Gasteiger partial charge in [0, 0.05) is 31.2 Å². The number of hydrogen-bond donors (Lipinski definition) is 2. The van der Waals surface area contributed by atoms with Gasteiger partial charge in [0.15, 0.2) is 0 Å². The number of nitrogens with one attached hydrogen (secondary N) is 2. The van der Waals surface area contributed by atoms with Gasteiger partial charge in [0.1, 0.15) is 0 Å². The van der Waals surface area contributed by atoms with Crippen molar-refractivity contribution in [2.45, 2.75) is 53.1 Å². The van der Waals surface area contributed by atoms with Crippen molar-refractivity contribution in [2.24, 2.45) is 5.92 Å². The molecule has 7 heteroatoms. The lowest BCUT2D eigenvalue weighted by Crippen LogP contribution is -2.52. The van der Waals surface area contributed by atoms with Crippen molar-refractivity contribution in [2.75, 3.05) is 25.0 Å². The maximum absolute atomic E-state index is 12.7. The van der Waals surface area contributed by atoms with Crippen LogP contribution in [0.15, 0.2) is 30.3 Å². The van der Waals surface area contributed by atoms with Crippen LogP contribution in [0.1, 0.15) is 48.4 Å². The fraction of sp³-hybridized carbons (Fsp3) is 0.522. The summed E-state index contributed by atoms with van der Waals surface area (Å²) in [5.74, 6) is 0.285. The highest BCUT2D eigenvalue weighted by atomic mass is 16.2. The van der Waals surface area contributed by atoms with E-state index in [1.165, 1.54) is 0 Å². The zero-order valence-electron chi connectivity index (χ0n) is 18.4. The predicted octanol–water partition coefficient (Wildman–Crippen LogP) is 2.99. The Balaban J connectivity index is 1.55. The number of anilines is 1. The molecule has 2 N–H and O–H groups in total. The Bertz CT molecular complexity index is 877. The Morgan fingerprint density at radius 3 is 2.53 bits per heavy atom. The number of aryl methyl sites for hydroxylation is 2. The molecule has 2 atom stereocenters. The van der Waals surface area contributed by atoms with Crippen molar-refractivity contribution in [3.63, 3.8) is 0 Å². The Labute approximate surface area is 178 Å². The summed E-state index contributed by atoms with van der Waals surface area (Å²) in [7, 11) is 0. The molecular formula is C23H33N5O2. The van der Waals surface area contributed by atoms with Gasteiger partial charge in [-0.3, -0.25) is 19.2 Å². The highest BCUT2D eigenvalue weighted by Crippen LogP contribution is 2.22. The van der Waals surface area contributed by atoms with Crippen LogP contribution in [0.25, 0.3) is 0 Å². The number of piperidine rings is 1. The summed E-state index contributed by atoms with van der Waals surface area (Å²) in [6.45, 7) is 10.8. The number of benzene rings is 1. The Kier molecular flexibility index (Phi) is 7.26. The van der Waals surface area contributed by atoms with Gasteiger partial charge in [-0.25, -0.2) is 0 Å². The normalized spacial score (nSPS) is 19.5. The first-order valence-electron chi connectivity index (χ1n) is 10.8. The lowest BCUT2D eigenvalue weighted by atomic mass is 9.89. The number of amides is 2. The third-order valence-electron chi connectivity index (χ3n) is 6.01. The summed E-state index contributed by atoms with van der Waals surface area (Å²) in [6, 6.07) is 9.46. The highest BCUT2D eigenvalue weighted by molar-refractivity contribution is 5.94. The maximum Gasteiger partial charge on any atom is 0.251 e. The van der Waals surface area contributed by atoms with Gasteiger partial charge in [0.25, 0.3) is 5.91 Å². The zero-order chi connectivity index (χ0) is 21.7. The number of likely N-dealkylation sites (tertiary alicyclic amines) is 1. The van der Waals surface area contributed by atoms with E-state index in [4.69, 9.17) is 0 Å². The summed E-state index contributed by atoms with van der Waals surface area (Å²) in [5.41, 5.74) is 3.33. The summed E-state index contributed by atoms with van der Waals surface area (Å²) < 4.78 is 1.90. The van der Waals surface area contributed by atoms with Gasteiger partial charge in [-0.1, -0.05) is 31.5 Å². The Hall–Kier alpha value is -2.67. The summed E-state index contributed by atoms with van der Waals surface area (Å²) >= 11 is 0. The van der Waals surface area contributed by atoms with Gasteiger partial charge in [-0.15, -0.1) is 0 Å². The number of rotatable bonds is 7. The molecular weight excluding hydrogens is 378 g/mol. The zero-order valence-corrected chi connectivity index (χ0v) is 18.4. The summed E-state index contributed by atoms with van der Waals surface area (Å²) in [4.78, 5) is 27.4. The van der Waals surface area contributed by atoms with Crippen LogP contribution < -0.4 is 10.6 Å². The quantitative estimate of drug-likeness (QED) is 0.734. The lowest BCUT2D eigenvalue weighted by molar-refractivity contribution is -0.117. The van der Waals surface area contributed by atoms with Crippen LogP contribution in [0.2, 0.25) is 0 Å².